The second kappa shape index (κ2) is 9.64. The maximum absolute atomic E-state index is 13.4. The molecule has 9 nitrogen and oxygen atoms in total. The number of carbonyl (C=O) groups excluding carboxylic acids is 1. The molecule has 11 heteroatoms. The number of allylic oxidation sites excluding steroid dienone is 5. The van der Waals surface area contributed by atoms with Crippen molar-refractivity contribution in [2.75, 3.05) is 39.5 Å². The highest BCUT2D eigenvalue weighted by Gasteiger charge is 2.38. The van der Waals surface area contributed by atoms with Crippen molar-refractivity contribution in [2.45, 2.75) is 19.0 Å². The summed E-state index contributed by atoms with van der Waals surface area (Å²) in [6.07, 6.45) is 10.4. The zero-order chi connectivity index (χ0) is 25.5. The first-order chi connectivity index (χ1) is 18.0. The molecule has 5 aliphatic rings. The standard InChI is InChI=1S/C26H26FN5O4S/c1-16-23(33)22(25-28-14-20(37-25)12-17-2-4-18(27)5-3-17)29-24-21(31-8-11-36-26(31)34)13-19(15-32(16)24)30-6-9-35-10-7-30/h2-4,13-15,18,33H,1,5-12H2. The van der Waals surface area contributed by atoms with E-state index in [0.29, 0.717) is 73.6 Å². The lowest BCUT2D eigenvalue weighted by Crippen LogP contribution is -2.43. The van der Waals surface area contributed by atoms with E-state index in [9.17, 15) is 14.3 Å². The molecule has 0 radical (unpaired) electrons. The van der Waals surface area contributed by atoms with Gasteiger partial charge in [-0.15, -0.1) is 11.3 Å². The molecular formula is C26H26FN5O4S. The van der Waals surface area contributed by atoms with Crippen molar-refractivity contribution >= 4 is 29.0 Å². The van der Waals surface area contributed by atoms with Crippen LogP contribution in [0, 0.1) is 0 Å². The Labute approximate surface area is 217 Å². The fraction of sp³-hybridized carbons (Fsp3) is 0.346. The Hall–Kier alpha value is -3.70. The van der Waals surface area contributed by atoms with E-state index in [1.807, 2.05) is 18.4 Å². The second-order valence-electron chi connectivity index (χ2n) is 9.10. The molecule has 1 N–H and O–H groups in total. The number of halogens is 1. The number of amidine groups is 1. The number of hydrogen-bond acceptors (Lipinski definition) is 9. The van der Waals surface area contributed by atoms with E-state index < -0.39 is 12.3 Å². The zero-order valence-corrected chi connectivity index (χ0v) is 20.9. The Morgan fingerprint density at radius 2 is 2.08 bits per heavy atom. The van der Waals surface area contributed by atoms with Crippen LogP contribution in [-0.2, 0) is 15.9 Å². The van der Waals surface area contributed by atoms with Crippen LogP contribution in [0.5, 0.6) is 0 Å². The minimum absolute atomic E-state index is 0.0791. The van der Waals surface area contributed by atoms with Crippen LogP contribution in [0.15, 0.2) is 76.7 Å². The smallest absolute Gasteiger partial charge is 0.414 e. The van der Waals surface area contributed by atoms with Crippen LogP contribution in [0.4, 0.5) is 9.18 Å². The second-order valence-corrected chi connectivity index (χ2v) is 10.2. The van der Waals surface area contributed by atoms with Crippen molar-refractivity contribution in [2.24, 2.45) is 4.99 Å². The highest BCUT2D eigenvalue weighted by atomic mass is 32.1. The Kier molecular flexibility index (Phi) is 6.17. The summed E-state index contributed by atoms with van der Waals surface area (Å²) in [6.45, 7) is 7.45. The highest BCUT2D eigenvalue weighted by molar-refractivity contribution is 7.12. The van der Waals surface area contributed by atoms with Crippen LogP contribution >= 0.6 is 11.3 Å². The number of carbonyl (C=O) groups is 1. The number of hydrogen-bond donors (Lipinski definition) is 1. The molecule has 0 aromatic carbocycles. The van der Waals surface area contributed by atoms with E-state index in [0.717, 1.165) is 16.1 Å². The predicted octanol–water partition coefficient (Wildman–Crippen LogP) is 3.89. The molecule has 2 saturated heterocycles. The van der Waals surface area contributed by atoms with E-state index >= 15 is 0 Å². The van der Waals surface area contributed by atoms with Crippen molar-refractivity contribution in [1.82, 2.24) is 19.7 Å². The number of morpholine rings is 1. The molecule has 1 atom stereocenters. The molecular weight excluding hydrogens is 497 g/mol. The summed E-state index contributed by atoms with van der Waals surface area (Å²) in [7, 11) is 0. The topological polar surface area (TPSA) is 90.7 Å². The van der Waals surface area contributed by atoms with Gasteiger partial charge in [0.05, 0.1) is 36.8 Å². The quantitative estimate of drug-likeness (QED) is 0.626. The van der Waals surface area contributed by atoms with Gasteiger partial charge in [-0.3, -0.25) is 9.80 Å². The summed E-state index contributed by atoms with van der Waals surface area (Å²) in [4.78, 5) is 28.3. The fourth-order valence-corrected chi connectivity index (χ4v) is 5.65. The van der Waals surface area contributed by atoms with Gasteiger partial charge in [0, 0.05) is 43.2 Å². The monoisotopic (exact) mass is 523 g/mol. The molecule has 0 saturated carbocycles. The number of cyclic esters (lactones) is 1. The molecule has 1 aliphatic carbocycles. The molecule has 5 heterocycles. The Morgan fingerprint density at radius 1 is 1.24 bits per heavy atom. The van der Waals surface area contributed by atoms with Crippen LogP contribution in [0.25, 0.3) is 5.70 Å². The van der Waals surface area contributed by atoms with Gasteiger partial charge in [0.15, 0.2) is 11.6 Å². The average molecular weight is 524 g/mol. The van der Waals surface area contributed by atoms with Gasteiger partial charge in [0.2, 0.25) is 0 Å². The Morgan fingerprint density at radius 3 is 2.81 bits per heavy atom. The molecule has 0 bridgehead atoms. The zero-order valence-electron chi connectivity index (χ0n) is 20.1. The van der Waals surface area contributed by atoms with E-state index in [2.05, 4.69) is 16.5 Å². The lowest BCUT2D eigenvalue weighted by atomic mass is 10.0. The molecule has 192 valence electrons. The van der Waals surface area contributed by atoms with Crippen LogP contribution in [0.1, 0.15) is 16.3 Å². The van der Waals surface area contributed by atoms with Gasteiger partial charge in [-0.2, -0.15) is 0 Å². The number of aliphatic imine (C=N–C) groups is 1. The van der Waals surface area contributed by atoms with E-state index in [1.165, 1.54) is 11.3 Å². The van der Waals surface area contributed by atoms with E-state index in [4.69, 9.17) is 14.5 Å². The summed E-state index contributed by atoms with van der Waals surface area (Å²) in [5.41, 5.74) is 3.11. The number of nitrogens with zero attached hydrogens (tertiary/aromatic N) is 5. The Bertz CT molecular complexity index is 1330. The molecule has 1 aromatic rings. The number of rotatable bonds is 5. The number of alkyl halides is 1. The number of amides is 1. The summed E-state index contributed by atoms with van der Waals surface area (Å²) in [6, 6.07) is 0. The van der Waals surface area contributed by atoms with Gasteiger partial charge in [0.25, 0.3) is 0 Å². The van der Waals surface area contributed by atoms with Gasteiger partial charge >= 0.3 is 6.09 Å². The normalized spacial score (nSPS) is 24.0. The molecule has 37 heavy (non-hydrogen) atoms. The molecule has 1 amide bonds. The SMILES string of the molecule is C=C1C(O)=C(c2ncc(CC3=CCC(F)C=C3)s2)N=C2C(N3CCOC3=O)=CC(N3CCOCC3)=CN12. The maximum atomic E-state index is 13.4. The number of aliphatic hydroxyl groups excluding tert-OH is 1. The van der Waals surface area contributed by atoms with Gasteiger partial charge in [0.1, 0.15) is 23.5 Å². The average Bonchev–Trinajstić information content (AvgIpc) is 3.56. The van der Waals surface area contributed by atoms with Crippen LogP contribution in [0.2, 0.25) is 0 Å². The van der Waals surface area contributed by atoms with E-state index in [1.54, 1.807) is 28.1 Å². The molecule has 4 aliphatic heterocycles. The summed E-state index contributed by atoms with van der Waals surface area (Å²) < 4.78 is 24.1. The first kappa shape index (κ1) is 23.7. The number of aromatic nitrogens is 1. The highest BCUT2D eigenvalue weighted by Crippen LogP contribution is 2.37. The molecule has 0 spiro atoms. The maximum Gasteiger partial charge on any atom is 0.414 e. The molecule has 1 aromatic heterocycles. The van der Waals surface area contributed by atoms with Gasteiger partial charge in [-0.25, -0.2) is 19.2 Å². The van der Waals surface area contributed by atoms with Crippen molar-refractivity contribution in [3.63, 3.8) is 0 Å². The molecule has 6 rings (SSSR count). The fourth-order valence-electron chi connectivity index (χ4n) is 4.71. The molecule has 1 unspecified atom stereocenters. The van der Waals surface area contributed by atoms with Gasteiger partial charge in [-0.1, -0.05) is 24.8 Å². The summed E-state index contributed by atoms with van der Waals surface area (Å²) in [5.74, 6) is 0.391. The number of aliphatic hydroxyl groups is 1. The first-order valence-corrected chi connectivity index (χ1v) is 13.0. The van der Waals surface area contributed by atoms with Crippen molar-refractivity contribution in [3.8, 4) is 0 Å². The Balaban J connectivity index is 1.34. The van der Waals surface area contributed by atoms with Crippen LogP contribution in [-0.4, -0.2) is 82.3 Å². The minimum Gasteiger partial charge on any atom is -0.504 e. The van der Waals surface area contributed by atoms with E-state index in [-0.39, 0.29) is 12.4 Å². The summed E-state index contributed by atoms with van der Waals surface area (Å²) in [5, 5.41) is 11.7. The number of ether oxygens (including phenoxy) is 2. The van der Waals surface area contributed by atoms with Crippen LogP contribution in [0.3, 0.4) is 0 Å². The molecule has 2 fully saturated rings. The summed E-state index contributed by atoms with van der Waals surface area (Å²) >= 11 is 1.41. The van der Waals surface area contributed by atoms with Crippen LogP contribution < -0.4 is 0 Å². The van der Waals surface area contributed by atoms with Crippen molar-refractivity contribution in [1.29, 1.82) is 0 Å². The lowest BCUT2D eigenvalue weighted by molar-refractivity contribution is 0.0547. The number of thiazole rings is 1. The van der Waals surface area contributed by atoms with Crippen molar-refractivity contribution in [3.05, 3.63) is 81.6 Å². The first-order valence-electron chi connectivity index (χ1n) is 12.2. The third-order valence-electron chi connectivity index (χ3n) is 6.70. The van der Waals surface area contributed by atoms with Gasteiger partial charge < -0.3 is 19.5 Å². The lowest BCUT2D eigenvalue weighted by Gasteiger charge is -2.38. The largest absolute Gasteiger partial charge is 0.504 e. The van der Waals surface area contributed by atoms with Gasteiger partial charge in [-0.05, 0) is 11.6 Å². The minimum atomic E-state index is -0.932. The third-order valence-corrected chi connectivity index (χ3v) is 7.70. The van der Waals surface area contributed by atoms with Crippen molar-refractivity contribution < 1.29 is 23.8 Å². The third kappa shape index (κ3) is 4.49. The number of fused-ring (bicyclic) bond motifs is 1. The predicted molar refractivity (Wildman–Crippen MR) is 137 cm³/mol.